The average Bonchev–Trinajstić information content (AvgIpc) is 3.16. The summed E-state index contributed by atoms with van der Waals surface area (Å²) in [6.07, 6.45) is 1.64. The third kappa shape index (κ3) is 1.79. The van der Waals surface area contributed by atoms with Crippen LogP contribution >= 0.6 is 0 Å². The van der Waals surface area contributed by atoms with Gasteiger partial charge in [0.05, 0.1) is 14.2 Å². The Balaban J connectivity index is 2.03. The molecule has 0 aromatic heterocycles. The van der Waals surface area contributed by atoms with Gasteiger partial charge in [0.25, 0.3) is 0 Å². The maximum absolute atomic E-state index is 11.8. The highest BCUT2D eigenvalue weighted by atomic mass is 16.7. The number of hydrogen-bond acceptors (Lipinski definition) is 6. The molecule has 1 unspecified atom stereocenters. The van der Waals surface area contributed by atoms with E-state index >= 15 is 0 Å². The molecule has 0 bridgehead atoms. The molecule has 1 aromatic carbocycles. The Kier molecular flexibility index (Phi) is 2.97. The van der Waals surface area contributed by atoms with E-state index < -0.39 is 17.4 Å². The molecule has 20 heavy (non-hydrogen) atoms. The standard InChI is InChI=1S/C14H17NO5/c1-17-9-6-11-10(19-7-20-11)5-8(9)14(3-4-14)12(15)13(16)18-2/h5-6,12H,3-4,7,15H2,1-2H3. The van der Waals surface area contributed by atoms with E-state index in [1.807, 2.05) is 6.07 Å². The molecule has 1 saturated carbocycles. The third-order valence-corrected chi connectivity index (χ3v) is 4.07. The molecule has 3 rings (SSSR count). The van der Waals surface area contributed by atoms with Gasteiger partial charge in [-0.05, 0) is 18.9 Å². The lowest BCUT2D eigenvalue weighted by atomic mass is 9.87. The van der Waals surface area contributed by atoms with Crippen LogP contribution in [0.1, 0.15) is 18.4 Å². The van der Waals surface area contributed by atoms with Crippen molar-refractivity contribution in [2.75, 3.05) is 21.0 Å². The van der Waals surface area contributed by atoms with Crippen molar-refractivity contribution in [3.63, 3.8) is 0 Å². The van der Waals surface area contributed by atoms with Crippen molar-refractivity contribution in [2.45, 2.75) is 24.3 Å². The molecule has 0 spiro atoms. The number of carbonyl (C=O) groups is 1. The molecule has 1 atom stereocenters. The van der Waals surface area contributed by atoms with E-state index in [1.165, 1.54) is 7.11 Å². The lowest BCUT2D eigenvalue weighted by molar-refractivity contribution is -0.143. The summed E-state index contributed by atoms with van der Waals surface area (Å²) in [6.45, 7) is 0.192. The minimum atomic E-state index is -0.707. The quantitative estimate of drug-likeness (QED) is 0.827. The summed E-state index contributed by atoms with van der Waals surface area (Å²) in [5, 5.41) is 0. The van der Waals surface area contributed by atoms with Gasteiger partial charge in [-0.3, -0.25) is 4.79 Å². The van der Waals surface area contributed by atoms with Crippen LogP contribution in [0.3, 0.4) is 0 Å². The zero-order chi connectivity index (χ0) is 14.3. The van der Waals surface area contributed by atoms with Gasteiger partial charge < -0.3 is 24.7 Å². The van der Waals surface area contributed by atoms with E-state index in [0.29, 0.717) is 17.2 Å². The van der Waals surface area contributed by atoms with Crippen molar-refractivity contribution >= 4 is 5.97 Å². The zero-order valence-electron chi connectivity index (χ0n) is 11.5. The van der Waals surface area contributed by atoms with Gasteiger partial charge in [0.2, 0.25) is 6.79 Å². The Bertz CT molecular complexity index is 553. The van der Waals surface area contributed by atoms with Gasteiger partial charge >= 0.3 is 5.97 Å². The lowest BCUT2D eigenvalue weighted by Crippen LogP contribution is -2.43. The number of hydrogen-bond donors (Lipinski definition) is 1. The SMILES string of the molecule is COC(=O)C(N)C1(c2cc3c(cc2OC)OCO3)CC1. The summed E-state index contributed by atoms with van der Waals surface area (Å²) in [7, 11) is 2.93. The van der Waals surface area contributed by atoms with E-state index in [2.05, 4.69) is 0 Å². The number of carbonyl (C=O) groups excluding carboxylic acids is 1. The summed E-state index contributed by atoms with van der Waals surface area (Å²) >= 11 is 0. The fraction of sp³-hybridized carbons (Fsp3) is 0.500. The first-order chi connectivity index (χ1) is 9.62. The smallest absolute Gasteiger partial charge is 0.323 e. The number of ether oxygens (including phenoxy) is 4. The van der Waals surface area contributed by atoms with E-state index in [1.54, 1.807) is 13.2 Å². The van der Waals surface area contributed by atoms with Gasteiger partial charge in [-0.25, -0.2) is 0 Å². The van der Waals surface area contributed by atoms with Crippen molar-refractivity contribution in [3.8, 4) is 17.2 Å². The number of nitrogens with two attached hydrogens (primary N) is 1. The highest BCUT2D eigenvalue weighted by Crippen LogP contribution is 2.55. The molecule has 6 nitrogen and oxygen atoms in total. The van der Waals surface area contributed by atoms with Crippen LogP contribution in [0.5, 0.6) is 17.2 Å². The van der Waals surface area contributed by atoms with Crippen molar-refractivity contribution in [1.29, 1.82) is 0 Å². The molecular weight excluding hydrogens is 262 g/mol. The number of fused-ring (bicyclic) bond motifs is 1. The van der Waals surface area contributed by atoms with Gasteiger partial charge in [0.15, 0.2) is 11.5 Å². The van der Waals surface area contributed by atoms with Crippen LogP contribution in [0.4, 0.5) is 0 Å². The molecule has 6 heteroatoms. The third-order valence-electron chi connectivity index (χ3n) is 4.07. The number of esters is 1. The Morgan fingerprint density at radius 1 is 1.30 bits per heavy atom. The first-order valence-corrected chi connectivity index (χ1v) is 6.44. The van der Waals surface area contributed by atoms with Crippen LogP contribution in [-0.2, 0) is 14.9 Å². The molecule has 1 heterocycles. The second kappa shape index (κ2) is 4.56. The van der Waals surface area contributed by atoms with Gasteiger partial charge in [0, 0.05) is 17.0 Å². The van der Waals surface area contributed by atoms with Crippen LogP contribution in [0.15, 0.2) is 12.1 Å². The molecule has 0 saturated heterocycles. The van der Waals surface area contributed by atoms with E-state index in [0.717, 1.165) is 18.4 Å². The maximum atomic E-state index is 11.8. The Labute approximate surface area is 116 Å². The predicted molar refractivity (Wildman–Crippen MR) is 70.0 cm³/mol. The largest absolute Gasteiger partial charge is 0.496 e. The van der Waals surface area contributed by atoms with Crippen molar-refractivity contribution < 1.29 is 23.7 Å². The van der Waals surface area contributed by atoms with Gasteiger partial charge in [-0.15, -0.1) is 0 Å². The fourth-order valence-corrected chi connectivity index (χ4v) is 2.72. The van der Waals surface area contributed by atoms with Crippen LogP contribution in [-0.4, -0.2) is 33.0 Å². The van der Waals surface area contributed by atoms with Crippen LogP contribution in [0, 0.1) is 0 Å². The highest BCUT2D eigenvalue weighted by Gasteiger charge is 2.54. The highest BCUT2D eigenvalue weighted by molar-refractivity contribution is 5.79. The molecule has 1 aliphatic heterocycles. The summed E-state index contributed by atoms with van der Waals surface area (Å²) in [5.41, 5.74) is 6.51. The minimum absolute atomic E-state index is 0.192. The molecular formula is C14H17NO5. The molecule has 0 amide bonds. The topological polar surface area (TPSA) is 80.0 Å². The Morgan fingerprint density at radius 2 is 1.95 bits per heavy atom. The van der Waals surface area contributed by atoms with Gasteiger partial charge in [-0.1, -0.05) is 0 Å². The second-order valence-electron chi connectivity index (χ2n) is 5.06. The average molecular weight is 279 g/mol. The normalized spacial score (nSPS) is 19.4. The number of rotatable bonds is 4. The molecule has 1 aromatic rings. The monoisotopic (exact) mass is 279 g/mol. The first-order valence-electron chi connectivity index (χ1n) is 6.44. The zero-order valence-corrected chi connectivity index (χ0v) is 11.5. The van der Waals surface area contributed by atoms with E-state index in [9.17, 15) is 4.79 Å². The molecule has 2 aliphatic rings. The summed E-state index contributed by atoms with van der Waals surface area (Å²) < 4.78 is 20.9. The van der Waals surface area contributed by atoms with Crippen molar-refractivity contribution in [1.82, 2.24) is 0 Å². The molecule has 2 N–H and O–H groups in total. The fourth-order valence-electron chi connectivity index (χ4n) is 2.72. The van der Waals surface area contributed by atoms with Gasteiger partial charge in [-0.2, -0.15) is 0 Å². The molecule has 1 fully saturated rings. The second-order valence-corrected chi connectivity index (χ2v) is 5.06. The van der Waals surface area contributed by atoms with Crippen LogP contribution < -0.4 is 19.9 Å². The molecule has 1 aliphatic carbocycles. The van der Waals surface area contributed by atoms with Crippen molar-refractivity contribution in [3.05, 3.63) is 17.7 Å². The summed E-state index contributed by atoms with van der Waals surface area (Å²) in [4.78, 5) is 11.8. The summed E-state index contributed by atoms with van der Waals surface area (Å²) in [6, 6.07) is 2.93. The predicted octanol–water partition coefficient (Wildman–Crippen LogP) is 0.956. The Morgan fingerprint density at radius 3 is 2.50 bits per heavy atom. The number of benzene rings is 1. The first kappa shape index (κ1) is 13.1. The van der Waals surface area contributed by atoms with E-state index in [4.69, 9.17) is 24.7 Å². The molecule has 0 radical (unpaired) electrons. The number of methoxy groups -OCH3 is 2. The maximum Gasteiger partial charge on any atom is 0.323 e. The van der Waals surface area contributed by atoms with Crippen molar-refractivity contribution in [2.24, 2.45) is 5.73 Å². The van der Waals surface area contributed by atoms with Crippen LogP contribution in [0.25, 0.3) is 0 Å². The van der Waals surface area contributed by atoms with Crippen LogP contribution in [0.2, 0.25) is 0 Å². The molecule has 108 valence electrons. The van der Waals surface area contributed by atoms with Gasteiger partial charge in [0.1, 0.15) is 11.8 Å². The summed E-state index contributed by atoms with van der Waals surface area (Å²) in [5.74, 6) is 1.55. The minimum Gasteiger partial charge on any atom is -0.496 e. The van der Waals surface area contributed by atoms with E-state index in [-0.39, 0.29) is 6.79 Å². The lowest BCUT2D eigenvalue weighted by Gasteiger charge is -2.23. The Hall–Kier alpha value is -1.95.